The Kier molecular flexibility index (Phi) is 5.71. The molecule has 1 aromatic rings. The number of nitrogens with zero attached hydrogens (tertiary/aromatic N) is 2. The van der Waals surface area contributed by atoms with Crippen LogP contribution in [0.15, 0.2) is 29.3 Å². The Morgan fingerprint density at radius 3 is 2.92 bits per heavy atom. The molecule has 6 nitrogen and oxygen atoms in total. The lowest BCUT2D eigenvalue weighted by atomic mass is 10.0. The molecule has 2 unspecified atom stereocenters. The third-order valence-electron chi connectivity index (χ3n) is 5.03. The van der Waals surface area contributed by atoms with Crippen molar-refractivity contribution in [2.45, 2.75) is 37.8 Å². The number of carbonyl (C=O) groups excluding carboxylic acids is 1. The van der Waals surface area contributed by atoms with E-state index in [0.717, 1.165) is 37.1 Å². The Labute approximate surface area is 165 Å². The van der Waals surface area contributed by atoms with Crippen LogP contribution in [0.3, 0.4) is 0 Å². The molecule has 0 spiro atoms. The van der Waals surface area contributed by atoms with Gasteiger partial charge in [0.25, 0.3) is 0 Å². The number of para-hydroxylation sites is 1. The summed E-state index contributed by atoms with van der Waals surface area (Å²) in [5.74, 6) is 1.94. The number of hydrogen-bond donors (Lipinski definition) is 2. The summed E-state index contributed by atoms with van der Waals surface area (Å²) >= 11 is 0. The number of benzene rings is 1. The molecule has 1 aliphatic carbocycles. The maximum Gasteiger partial charge on any atom is 0.223 e. The van der Waals surface area contributed by atoms with Gasteiger partial charge >= 0.3 is 0 Å². The van der Waals surface area contributed by atoms with Crippen LogP contribution in [0.25, 0.3) is 0 Å². The lowest BCUT2D eigenvalue weighted by Crippen LogP contribution is -2.37. The smallest absolute Gasteiger partial charge is 0.223 e. The van der Waals surface area contributed by atoms with E-state index < -0.39 is 0 Å². The van der Waals surface area contributed by atoms with Gasteiger partial charge < -0.3 is 20.7 Å². The normalized spacial score (nSPS) is 25.8. The molecule has 2 aliphatic heterocycles. The van der Waals surface area contributed by atoms with Gasteiger partial charge in [0.15, 0.2) is 5.96 Å². The molecular weight excluding hydrogens is 431 g/mol. The predicted octanol–water partition coefficient (Wildman–Crippen LogP) is 2.04. The van der Waals surface area contributed by atoms with E-state index >= 15 is 0 Å². The first-order valence-corrected chi connectivity index (χ1v) is 8.78. The summed E-state index contributed by atoms with van der Waals surface area (Å²) in [6, 6.07) is 8.65. The van der Waals surface area contributed by atoms with Gasteiger partial charge in [0.1, 0.15) is 5.75 Å². The first kappa shape index (κ1) is 18.3. The molecular formula is C18H25IN4O2. The van der Waals surface area contributed by atoms with Crippen molar-refractivity contribution >= 4 is 35.8 Å². The summed E-state index contributed by atoms with van der Waals surface area (Å²) in [5.41, 5.74) is 7.20. The number of hydrogen-bond acceptors (Lipinski definition) is 3. The van der Waals surface area contributed by atoms with Gasteiger partial charge in [-0.15, -0.1) is 24.0 Å². The highest BCUT2D eigenvalue weighted by Crippen LogP contribution is 2.33. The Morgan fingerprint density at radius 1 is 1.32 bits per heavy atom. The quantitative estimate of drug-likeness (QED) is 0.413. The van der Waals surface area contributed by atoms with E-state index in [2.05, 4.69) is 16.4 Å². The standard InChI is InChI=1S/C18H24N4O2.HI/c19-18(20-10-12-9-17(23)22(11-12)13-5-6-13)21-15-7-8-24-16-4-2-1-3-14(15)16;/h1-4,12-13,15H,5-11H2,(H3,19,20,21);1H. The van der Waals surface area contributed by atoms with Crippen LogP contribution in [-0.4, -0.2) is 42.5 Å². The summed E-state index contributed by atoms with van der Waals surface area (Å²) in [6.07, 6.45) is 3.79. The Bertz CT molecular complexity index is 662. The molecule has 136 valence electrons. The van der Waals surface area contributed by atoms with Crippen LogP contribution in [0.1, 0.15) is 37.3 Å². The monoisotopic (exact) mass is 456 g/mol. The number of nitrogens with one attached hydrogen (secondary N) is 1. The highest BCUT2D eigenvalue weighted by atomic mass is 127. The molecule has 3 N–H and O–H groups in total. The van der Waals surface area contributed by atoms with Crippen molar-refractivity contribution in [3.05, 3.63) is 29.8 Å². The lowest BCUT2D eigenvalue weighted by molar-refractivity contribution is -0.128. The fourth-order valence-electron chi connectivity index (χ4n) is 3.61. The zero-order valence-electron chi connectivity index (χ0n) is 14.2. The van der Waals surface area contributed by atoms with Crippen LogP contribution >= 0.6 is 24.0 Å². The molecule has 1 amide bonds. The molecule has 7 heteroatoms. The van der Waals surface area contributed by atoms with Crippen LogP contribution in [0.5, 0.6) is 5.75 Å². The molecule has 25 heavy (non-hydrogen) atoms. The number of likely N-dealkylation sites (tertiary alicyclic amines) is 1. The van der Waals surface area contributed by atoms with Crippen LogP contribution in [0, 0.1) is 5.92 Å². The molecule has 0 bridgehead atoms. The minimum atomic E-state index is 0. The van der Waals surface area contributed by atoms with Crippen LogP contribution in [0.2, 0.25) is 0 Å². The molecule has 1 aromatic carbocycles. The SMILES string of the molecule is I.NC(=NCC1CC(=O)N(C2CC2)C1)NC1CCOc2ccccc21. The third-order valence-corrected chi connectivity index (χ3v) is 5.03. The first-order chi connectivity index (χ1) is 11.7. The average molecular weight is 456 g/mol. The minimum absolute atomic E-state index is 0. The number of carbonyl (C=O) groups is 1. The maximum atomic E-state index is 12.0. The van der Waals surface area contributed by atoms with Gasteiger partial charge in [-0.05, 0) is 18.9 Å². The van der Waals surface area contributed by atoms with Crippen LogP contribution in [0.4, 0.5) is 0 Å². The number of rotatable bonds is 4. The lowest BCUT2D eigenvalue weighted by Gasteiger charge is -2.27. The largest absolute Gasteiger partial charge is 0.493 e. The van der Waals surface area contributed by atoms with E-state index in [9.17, 15) is 4.79 Å². The number of guanidine groups is 1. The number of fused-ring (bicyclic) bond motifs is 1. The Balaban J connectivity index is 0.00000182. The second-order valence-electron chi connectivity index (χ2n) is 6.95. The maximum absolute atomic E-state index is 12.0. The van der Waals surface area contributed by atoms with E-state index in [1.54, 1.807) is 0 Å². The second-order valence-corrected chi connectivity index (χ2v) is 6.95. The average Bonchev–Trinajstić information content (AvgIpc) is 3.36. The number of nitrogens with two attached hydrogens (primary N) is 1. The molecule has 1 saturated heterocycles. The summed E-state index contributed by atoms with van der Waals surface area (Å²) in [7, 11) is 0. The van der Waals surface area contributed by atoms with Gasteiger partial charge in [-0.25, -0.2) is 0 Å². The zero-order valence-corrected chi connectivity index (χ0v) is 16.5. The van der Waals surface area contributed by atoms with E-state index in [4.69, 9.17) is 10.5 Å². The van der Waals surface area contributed by atoms with Crippen LogP contribution in [-0.2, 0) is 4.79 Å². The molecule has 1 saturated carbocycles. The van der Waals surface area contributed by atoms with Crippen LogP contribution < -0.4 is 15.8 Å². The molecule has 2 fully saturated rings. The molecule has 0 aromatic heterocycles. The van der Waals surface area contributed by atoms with Gasteiger partial charge in [-0.1, -0.05) is 18.2 Å². The van der Waals surface area contributed by atoms with Crippen molar-refractivity contribution in [3.63, 3.8) is 0 Å². The second kappa shape index (κ2) is 7.80. The van der Waals surface area contributed by atoms with Crippen molar-refractivity contribution < 1.29 is 9.53 Å². The molecule has 2 atom stereocenters. The Morgan fingerprint density at radius 2 is 2.12 bits per heavy atom. The van der Waals surface area contributed by atoms with Gasteiger partial charge in [0.2, 0.25) is 5.91 Å². The summed E-state index contributed by atoms with van der Waals surface area (Å²) in [6.45, 7) is 2.12. The molecule has 4 rings (SSSR count). The van der Waals surface area contributed by atoms with Gasteiger partial charge in [-0.3, -0.25) is 9.79 Å². The summed E-state index contributed by atoms with van der Waals surface area (Å²) in [5, 5.41) is 3.31. The molecule has 2 heterocycles. The third kappa shape index (κ3) is 4.19. The van der Waals surface area contributed by atoms with Gasteiger partial charge in [0.05, 0.1) is 12.6 Å². The highest BCUT2D eigenvalue weighted by Gasteiger charge is 2.39. The van der Waals surface area contributed by atoms with Crippen molar-refractivity contribution in [1.82, 2.24) is 10.2 Å². The fourth-order valence-corrected chi connectivity index (χ4v) is 3.61. The minimum Gasteiger partial charge on any atom is -0.493 e. The van der Waals surface area contributed by atoms with Crippen molar-refractivity contribution in [3.8, 4) is 5.75 Å². The first-order valence-electron chi connectivity index (χ1n) is 8.78. The fraction of sp³-hybridized carbons (Fsp3) is 0.556. The van der Waals surface area contributed by atoms with Crippen molar-refractivity contribution in [1.29, 1.82) is 0 Å². The van der Waals surface area contributed by atoms with Gasteiger partial charge in [0, 0.05) is 43.5 Å². The van der Waals surface area contributed by atoms with Crippen molar-refractivity contribution in [2.75, 3.05) is 19.7 Å². The predicted molar refractivity (Wildman–Crippen MR) is 107 cm³/mol. The summed E-state index contributed by atoms with van der Waals surface area (Å²) < 4.78 is 5.66. The zero-order chi connectivity index (χ0) is 16.5. The number of ether oxygens (including phenoxy) is 1. The van der Waals surface area contributed by atoms with E-state index in [1.165, 1.54) is 0 Å². The highest BCUT2D eigenvalue weighted by molar-refractivity contribution is 14.0. The molecule has 3 aliphatic rings. The van der Waals surface area contributed by atoms with Crippen molar-refractivity contribution in [2.24, 2.45) is 16.6 Å². The number of halogens is 1. The van der Waals surface area contributed by atoms with E-state index in [-0.39, 0.29) is 35.9 Å². The van der Waals surface area contributed by atoms with E-state index in [1.807, 2.05) is 23.1 Å². The van der Waals surface area contributed by atoms with E-state index in [0.29, 0.717) is 37.5 Å². The summed E-state index contributed by atoms with van der Waals surface area (Å²) in [4.78, 5) is 18.5. The van der Waals surface area contributed by atoms with Gasteiger partial charge in [-0.2, -0.15) is 0 Å². The number of amides is 1. The molecule has 0 radical (unpaired) electrons. The topological polar surface area (TPSA) is 80.0 Å². The Hall–Kier alpha value is -1.51. The number of aliphatic imine (C=N–C) groups is 1.